The van der Waals surface area contributed by atoms with Crippen molar-refractivity contribution in [3.63, 3.8) is 0 Å². The molecule has 0 aromatic heterocycles. The summed E-state index contributed by atoms with van der Waals surface area (Å²) in [6.45, 7) is 1.90. The van der Waals surface area contributed by atoms with Crippen LogP contribution in [0.1, 0.15) is 6.92 Å². The molecule has 2 amide bonds. The first-order valence-electron chi connectivity index (χ1n) is 2.97. The van der Waals surface area contributed by atoms with E-state index in [2.05, 4.69) is 9.47 Å². The molecule has 0 aliphatic heterocycles. The fraction of sp³-hybridized carbons (Fsp3) is 0.600. The number of carbonyl (C=O) groups excluding carboxylic acids is 2. The highest BCUT2D eigenvalue weighted by atomic mass is 16.6. The van der Waals surface area contributed by atoms with E-state index in [1.54, 1.807) is 6.92 Å². The van der Waals surface area contributed by atoms with Crippen LogP contribution in [0.25, 0.3) is 0 Å². The minimum Gasteiger partial charge on any atom is -0.452 e. The van der Waals surface area contributed by atoms with E-state index in [0.717, 1.165) is 0 Å². The van der Waals surface area contributed by atoms with Crippen molar-refractivity contribution in [2.45, 2.75) is 6.92 Å². The number of hydrogen-bond acceptors (Lipinski definition) is 4. The summed E-state index contributed by atoms with van der Waals surface area (Å²) in [6.07, 6.45) is -1.48. The first kappa shape index (κ1) is 9.54. The molecule has 0 saturated heterocycles. The summed E-state index contributed by atoms with van der Waals surface area (Å²) in [4.78, 5) is 20.8. The highest BCUT2D eigenvalue weighted by Gasteiger charge is 2.01. The second kappa shape index (κ2) is 5.33. The van der Waals surface area contributed by atoms with Gasteiger partial charge < -0.3 is 9.47 Å². The molecule has 0 radical (unpaired) electrons. The monoisotopic (exact) mass is 162 g/mol. The van der Waals surface area contributed by atoms with Gasteiger partial charge in [0, 0.05) is 0 Å². The molecule has 0 fully saturated rings. The summed E-state index contributed by atoms with van der Waals surface area (Å²) < 4.78 is 8.57. The quantitative estimate of drug-likeness (QED) is 0.532. The molecule has 64 valence electrons. The van der Waals surface area contributed by atoms with E-state index in [4.69, 9.17) is 0 Å². The molecule has 6 nitrogen and oxygen atoms in total. The zero-order chi connectivity index (χ0) is 8.69. The third-order valence-electron chi connectivity index (χ3n) is 0.727. The molecule has 0 aliphatic rings. The van der Waals surface area contributed by atoms with E-state index in [-0.39, 0.29) is 6.61 Å². The van der Waals surface area contributed by atoms with Gasteiger partial charge in [-0.25, -0.2) is 20.4 Å². The summed E-state index contributed by atoms with van der Waals surface area (Å²) >= 11 is 0. The Morgan fingerprint density at radius 1 is 1.27 bits per heavy atom. The number of ether oxygens (including phenoxy) is 2. The molecule has 0 aliphatic carbocycles. The van der Waals surface area contributed by atoms with Crippen LogP contribution in [0, 0.1) is 0 Å². The predicted octanol–water partition coefficient (Wildman–Crippen LogP) is 0.00350. The van der Waals surface area contributed by atoms with Crippen LogP contribution in [0.5, 0.6) is 0 Å². The molecular weight excluding hydrogens is 152 g/mol. The third kappa shape index (κ3) is 5.01. The van der Waals surface area contributed by atoms with Crippen LogP contribution in [0.15, 0.2) is 0 Å². The van der Waals surface area contributed by atoms with Crippen LogP contribution in [-0.4, -0.2) is 25.9 Å². The number of hydrogen-bond donors (Lipinski definition) is 2. The lowest BCUT2D eigenvalue weighted by atomic mass is 10.9. The van der Waals surface area contributed by atoms with Crippen LogP contribution < -0.4 is 10.9 Å². The summed E-state index contributed by atoms with van der Waals surface area (Å²) in [5.41, 5.74) is 3.88. The minimum atomic E-state index is -0.752. The average Bonchev–Trinajstić information content (AvgIpc) is 2.01. The van der Waals surface area contributed by atoms with E-state index >= 15 is 0 Å². The number of carbonyl (C=O) groups is 2. The van der Waals surface area contributed by atoms with Crippen molar-refractivity contribution in [2.75, 3.05) is 13.7 Å². The van der Waals surface area contributed by atoms with Crippen LogP contribution in [0.2, 0.25) is 0 Å². The molecule has 0 aromatic rings. The van der Waals surface area contributed by atoms with Crippen molar-refractivity contribution in [1.82, 2.24) is 10.9 Å². The molecule has 0 spiro atoms. The second-order valence-electron chi connectivity index (χ2n) is 1.46. The molecule has 0 rings (SSSR count). The smallest absolute Gasteiger partial charge is 0.426 e. The van der Waals surface area contributed by atoms with Crippen molar-refractivity contribution in [3.05, 3.63) is 0 Å². The molecule has 11 heavy (non-hydrogen) atoms. The summed E-state index contributed by atoms with van der Waals surface area (Å²) in [5.74, 6) is 0. The summed E-state index contributed by atoms with van der Waals surface area (Å²) in [5, 5.41) is 0. The number of hydrazine groups is 1. The lowest BCUT2D eigenvalue weighted by molar-refractivity contribution is 0.137. The Labute approximate surface area is 63.8 Å². The van der Waals surface area contributed by atoms with Crippen molar-refractivity contribution in [1.29, 1.82) is 0 Å². The molecular formula is C5H10N2O4. The molecule has 2 N–H and O–H groups in total. The first-order chi connectivity index (χ1) is 5.20. The van der Waals surface area contributed by atoms with Crippen LogP contribution in [0.4, 0.5) is 9.59 Å². The second-order valence-corrected chi connectivity index (χ2v) is 1.46. The average molecular weight is 162 g/mol. The fourth-order valence-corrected chi connectivity index (χ4v) is 0.320. The highest BCUT2D eigenvalue weighted by molar-refractivity contribution is 5.73. The Balaban J connectivity index is 3.38. The van der Waals surface area contributed by atoms with Crippen LogP contribution >= 0.6 is 0 Å². The van der Waals surface area contributed by atoms with Gasteiger partial charge in [-0.15, -0.1) is 0 Å². The Kier molecular flexibility index (Phi) is 4.63. The third-order valence-corrected chi connectivity index (χ3v) is 0.727. The van der Waals surface area contributed by atoms with Gasteiger partial charge >= 0.3 is 12.2 Å². The Morgan fingerprint density at radius 2 is 1.82 bits per heavy atom. The maximum absolute atomic E-state index is 10.5. The molecule has 0 aromatic carbocycles. The van der Waals surface area contributed by atoms with Gasteiger partial charge in [0.15, 0.2) is 0 Å². The predicted molar refractivity (Wildman–Crippen MR) is 35.7 cm³/mol. The largest absolute Gasteiger partial charge is 0.452 e. The van der Waals surface area contributed by atoms with Crippen molar-refractivity contribution in [2.24, 2.45) is 0 Å². The van der Waals surface area contributed by atoms with Gasteiger partial charge in [-0.05, 0) is 6.92 Å². The van der Waals surface area contributed by atoms with Gasteiger partial charge in [0.1, 0.15) is 0 Å². The van der Waals surface area contributed by atoms with Gasteiger partial charge in [-0.1, -0.05) is 0 Å². The molecule has 0 saturated carbocycles. The molecule has 0 heterocycles. The Bertz CT molecular complexity index is 147. The normalized spacial score (nSPS) is 8.18. The minimum absolute atomic E-state index is 0.245. The number of methoxy groups -OCH3 is 1. The Morgan fingerprint density at radius 3 is 2.27 bits per heavy atom. The van der Waals surface area contributed by atoms with Crippen LogP contribution in [-0.2, 0) is 9.47 Å². The van der Waals surface area contributed by atoms with Gasteiger partial charge in [0.05, 0.1) is 13.7 Å². The van der Waals surface area contributed by atoms with Crippen molar-refractivity contribution >= 4 is 12.2 Å². The van der Waals surface area contributed by atoms with Gasteiger partial charge in [-0.2, -0.15) is 0 Å². The topological polar surface area (TPSA) is 76.7 Å². The van der Waals surface area contributed by atoms with Crippen molar-refractivity contribution < 1.29 is 19.1 Å². The van der Waals surface area contributed by atoms with E-state index in [9.17, 15) is 9.59 Å². The SMILES string of the molecule is CCOC(=O)NNC(=O)OC. The van der Waals surface area contributed by atoms with Crippen LogP contribution in [0.3, 0.4) is 0 Å². The van der Waals surface area contributed by atoms with E-state index in [0.29, 0.717) is 0 Å². The van der Waals surface area contributed by atoms with Gasteiger partial charge in [0.2, 0.25) is 0 Å². The number of rotatable bonds is 1. The van der Waals surface area contributed by atoms with Gasteiger partial charge in [-0.3, -0.25) is 0 Å². The summed E-state index contributed by atoms with van der Waals surface area (Å²) in [7, 11) is 1.18. The molecule has 6 heteroatoms. The lowest BCUT2D eigenvalue weighted by Crippen LogP contribution is -2.41. The zero-order valence-electron chi connectivity index (χ0n) is 6.34. The fourth-order valence-electron chi connectivity index (χ4n) is 0.320. The van der Waals surface area contributed by atoms with Crippen molar-refractivity contribution in [3.8, 4) is 0 Å². The highest BCUT2D eigenvalue weighted by Crippen LogP contribution is 1.73. The summed E-state index contributed by atoms with van der Waals surface area (Å²) in [6, 6.07) is 0. The lowest BCUT2D eigenvalue weighted by Gasteiger charge is -2.04. The maximum atomic E-state index is 10.5. The Hall–Kier alpha value is -1.46. The molecule has 0 unspecified atom stereocenters. The standard InChI is InChI=1S/C5H10N2O4/c1-3-11-5(9)7-6-4(8)10-2/h3H2,1-2H3,(H,6,8)(H,7,9). The molecule has 0 bridgehead atoms. The molecule has 0 atom stereocenters. The maximum Gasteiger partial charge on any atom is 0.426 e. The zero-order valence-corrected chi connectivity index (χ0v) is 6.34. The van der Waals surface area contributed by atoms with E-state index < -0.39 is 12.2 Å². The number of amides is 2. The van der Waals surface area contributed by atoms with E-state index in [1.165, 1.54) is 7.11 Å². The first-order valence-corrected chi connectivity index (χ1v) is 2.97. The van der Waals surface area contributed by atoms with E-state index in [1.807, 2.05) is 10.9 Å². The number of nitrogens with one attached hydrogen (secondary N) is 2. The van der Waals surface area contributed by atoms with Gasteiger partial charge in [0.25, 0.3) is 0 Å².